The third kappa shape index (κ3) is 5.14. The number of amides is 1. The molecule has 3 aromatic heterocycles. The van der Waals surface area contributed by atoms with Gasteiger partial charge in [-0.2, -0.15) is 5.10 Å². The fourth-order valence-electron chi connectivity index (χ4n) is 3.86. The van der Waals surface area contributed by atoms with E-state index < -0.39 is 0 Å². The zero-order valence-corrected chi connectivity index (χ0v) is 18.1. The van der Waals surface area contributed by atoms with E-state index in [9.17, 15) is 4.79 Å². The molecule has 1 saturated heterocycles. The standard InChI is InChI=1S/C23H27N7O/c1-16-13-17(2)27-23(26-16)28-19-6-8-21(24-14-19)18-5-4-12-30(15-18)22(31)9-7-20-10-11-25-29(20)3/h6-11,13-14,18H,4-5,12,15H2,1-3H3,(H,26,27,28)/b9-7+. The lowest BCUT2D eigenvalue weighted by atomic mass is 9.94. The molecule has 31 heavy (non-hydrogen) atoms. The fourth-order valence-corrected chi connectivity index (χ4v) is 3.86. The summed E-state index contributed by atoms with van der Waals surface area (Å²) in [6.07, 6.45) is 8.95. The average molecular weight is 418 g/mol. The highest BCUT2D eigenvalue weighted by atomic mass is 16.2. The monoisotopic (exact) mass is 417 g/mol. The molecule has 1 atom stereocenters. The molecule has 1 N–H and O–H groups in total. The molecule has 4 heterocycles. The molecule has 8 nitrogen and oxygen atoms in total. The normalized spacial score (nSPS) is 16.6. The molecule has 0 saturated carbocycles. The maximum atomic E-state index is 12.7. The van der Waals surface area contributed by atoms with Gasteiger partial charge >= 0.3 is 0 Å². The summed E-state index contributed by atoms with van der Waals surface area (Å²) in [6, 6.07) is 7.83. The lowest BCUT2D eigenvalue weighted by molar-refractivity contribution is -0.127. The van der Waals surface area contributed by atoms with E-state index in [4.69, 9.17) is 0 Å². The summed E-state index contributed by atoms with van der Waals surface area (Å²) in [5.41, 5.74) is 4.59. The first-order chi connectivity index (χ1) is 15.0. The van der Waals surface area contributed by atoms with Gasteiger partial charge in [0, 0.05) is 55.4 Å². The molecule has 0 spiro atoms. The van der Waals surface area contributed by atoms with E-state index in [0.717, 1.165) is 47.8 Å². The molecule has 1 amide bonds. The molecular weight excluding hydrogens is 390 g/mol. The number of hydrogen-bond acceptors (Lipinski definition) is 6. The smallest absolute Gasteiger partial charge is 0.246 e. The summed E-state index contributed by atoms with van der Waals surface area (Å²) in [6.45, 7) is 5.34. The van der Waals surface area contributed by atoms with E-state index in [-0.39, 0.29) is 11.8 Å². The predicted molar refractivity (Wildman–Crippen MR) is 120 cm³/mol. The SMILES string of the molecule is Cc1cc(C)nc(Nc2ccc(C3CCCN(C(=O)/C=C/c4ccnn4C)C3)nc2)n1. The van der Waals surface area contributed by atoms with Crippen molar-refractivity contribution in [3.8, 4) is 0 Å². The minimum absolute atomic E-state index is 0.0242. The second-order valence-electron chi connectivity index (χ2n) is 7.91. The second kappa shape index (κ2) is 9.07. The number of piperidine rings is 1. The van der Waals surface area contributed by atoms with Gasteiger partial charge in [-0.3, -0.25) is 14.5 Å². The van der Waals surface area contributed by atoms with Crippen molar-refractivity contribution in [1.82, 2.24) is 29.6 Å². The third-order valence-electron chi connectivity index (χ3n) is 5.43. The molecule has 0 bridgehead atoms. The van der Waals surface area contributed by atoms with Crippen molar-refractivity contribution in [1.29, 1.82) is 0 Å². The predicted octanol–water partition coefficient (Wildman–Crippen LogP) is 3.38. The highest BCUT2D eigenvalue weighted by Gasteiger charge is 2.24. The van der Waals surface area contributed by atoms with Crippen molar-refractivity contribution >= 4 is 23.6 Å². The summed E-state index contributed by atoms with van der Waals surface area (Å²) in [5.74, 6) is 0.826. The summed E-state index contributed by atoms with van der Waals surface area (Å²) < 4.78 is 1.74. The number of likely N-dealkylation sites (tertiary alicyclic amines) is 1. The van der Waals surface area contributed by atoms with E-state index in [1.54, 1.807) is 23.2 Å². The van der Waals surface area contributed by atoms with E-state index in [2.05, 4.69) is 25.4 Å². The first kappa shape index (κ1) is 20.7. The van der Waals surface area contributed by atoms with Gasteiger partial charge in [-0.15, -0.1) is 0 Å². The Morgan fingerprint density at radius 3 is 2.68 bits per heavy atom. The van der Waals surface area contributed by atoms with Crippen molar-refractivity contribution in [3.63, 3.8) is 0 Å². The number of hydrogen-bond donors (Lipinski definition) is 1. The molecule has 1 fully saturated rings. The third-order valence-corrected chi connectivity index (χ3v) is 5.43. The zero-order valence-electron chi connectivity index (χ0n) is 18.1. The largest absolute Gasteiger partial charge is 0.338 e. The fraction of sp³-hybridized carbons (Fsp3) is 0.348. The number of aromatic nitrogens is 5. The molecule has 0 aromatic carbocycles. The quantitative estimate of drug-likeness (QED) is 0.640. The van der Waals surface area contributed by atoms with Crippen LogP contribution in [-0.4, -0.2) is 48.6 Å². The van der Waals surface area contributed by atoms with Crippen LogP contribution in [-0.2, 0) is 11.8 Å². The van der Waals surface area contributed by atoms with Crippen LogP contribution in [0.2, 0.25) is 0 Å². The Morgan fingerprint density at radius 2 is 2.00 bits per heavy atom. The van der Waals surface area contributed by atoms with Crippen LogP contribution < -0.4 is 5.32 Å². The summed E-state index contributed by atoms with van der Waals surface area (Å²) in [7, 11) is 1.86. The highest BCUT2D eigenvalue weighted by Crippen LogP contribution is 2.27. The van der Waals surface area contributed by atoms with E-state index in [1.807, 2.05) is 56.1 Å². The molecule has 1 aliphatic rings. The minimum atomic E-state index is 0.0242. The molecular formula is C23H27N7O. The van der Waals surface area contributed by atoms with Crippen LogP contribution in [0.25, 0.3) is 6.08 Å². The van der Waals surface area contributed by atoms with Crippen LogP contribution >= 0.6 is 0 Å². The topological polar surface area (TPSA) is 88.8 Å². The Hall–Kier alpha value is -3.55. The Kier molecular flexibility index (Phi) is 6.06. The molecule has 1 aliphatic heterocycles. The van der Waals surface area contributed by atoms with Gasteiger partial charge < -0.3 is 10.2 Å². The molecule has 1 unspecified atom stereocenters. The van der Waals surface area contributed by atoms with Crippen molar-refractivity contribution in [2.45, 2.75) is 32.6 Å². The highest BCUT2D eigenvalue weighted by molar-refractivity contribution is 5.91. The number of anilines is 2. The van der Waals surface area contributed by atoms with E-state index in [0.29, 0.717) is 12.5 Å². The summed E-state index contributed by atoms with van der Waals surface area (Å²) >= 11 is 0. The lowest BCUT2D eigenvalue weighted by Gasteiger charge is -2.31. The van der Waals surface area contributed by atoms with Gasteiger partial charge in [0.05, 0.1) is 17.6 Å². The van der Waals surface area contributed by atoms with Gasteiger partial charge in [-0.05, 0) is 57.0 Å². The molecule has 160 valence electrons. The second-order valence-corrected chi connectivity index (χ2v) is 7.91. The zero-order chi connectivity index (χ0) is 21.8. The molecule has 0 radical (unpaired) electrons. The van der Waals surface area contributed by atoms with Crippen molar-refractivity contribution < 1.29 is 4.79 Å². The molecule has 8 heteroatoms. The summed E-state index contributed by atoms with van der Waals surface area (Å²) in [5, 5.41) is 7.33. The van der Waals surface area contributed by atoms with Crippen LogP contribution in [0.3, 0.4) is 0 Å². The number of nitrogens with one attached hydrogen (secondary N) is 1. The van der Waals surface area contributed by atoms with E-state index >= 15 is 0 Å². The number of carbonyl (C=O) groups excluding carboxylic acids is 1. The number of aryl methyl sites for hydroxylation is 3. The maximum Gasteiger partial charge on any atom is 0.246 e. The van der Waals surface area contributed by atoms with Gasteiger partial charge in [0.25, 0.3) is 0 Å². The van der Waals surface area contributed by atoms with E-state index in [1.165, 1.54) is 0 Å². The lowest BCUT2D eigenvalue weighted by Crippen LogP contribution is -2.38. The summed E-state index contributed by atoms with van der Waals surface area (Å²) in [4.78, 5) is 28.0. The Labute approximate surface area is 182 Å². The van der Waals surface area contributed by atoms with Crippen LogP contribution in [0, 0.1) is 13.8 Å². The van der Waals surface area contributed by atoms with Gasteiger partial charge in [0.15, 0.2) is 0 Å². The number of rotatable bonds is 5. The van der Waals surface area contributed by atoms with Crippen LogP contribution in [0.15, 0.2) is 42.7 Å². The van der Waals surface area contributed by atoms with Crippen LogP contribution in [0.4, 0.5) is 11.6 Å². The Balaban J connectivity index is 1.39. The first-order valence-corrected chi connectivity index (χ1v) is 10.5. The number of carbonyl (C=O) groups is 1. The van der Waals surface area contributed by atoms with Crippen LogP contribution in [0.1, 0.15) is 41.5 Å². The van der Waals surface area contributed by atoms with Crippen LogP contribution in [0.5, 0.6) is 0 Å². The number of pyridine rings is 1. The molecule has 0 aliphatic carbocycles. The van der Waals surface area contributed by atoms with Gasteiger partial charge in [0.1, 0.15) is 0 Å². The van der Waals surface area contributed by atoms with Crippen molar-refractivity contribution in [2.75, 3.05) is 18.4 Å². The van der Waals surface area contributed by atoms with Crippen molar-refractivity contribution in [2.24, 2.45) is 7.05 Å². The Bertz CT molecular complexity index is 1070. The van der Waals surface area contributed by atoms with Crippen molar-refractivity contribution in [3.05, 3.63) is 65.5 Å². The van der Waals surface area contributed by atoms with Gasteiger partial charge in [-0.1, -0.05) is 0 Å². The minimum Gasteiger partial charge on any atom is -0.338 e. The Morgan fingerprint density at radius 1 is 1.19 bits per heavy atom. The van der Waals surface area contributed by atoms with Gasteiger partial charge in [0.2, 0.25) is 11.9 Å². The molecule has 4 rings (SSSR count). The number of nitrogens with zero attached hydrogens (tertiary/aromatic N) is 6. The van der Waals surface area contributed by atoms with Gasteiger partial charge in [-0.25, -0.2) is 9.97 Å². The average Bonchev–Trinajstić information content (AvgIpc) is 3.16. The maximum absolute atomic E-state index is 12.7. The first-order valence-electron chi connectivity index (χ1n) is 10.5. The molecule has 3 aromatic rings.